The van der Waals surface area contributed by atoms with Crippen LogP contribution in [0.15, 0.2) is 0 Å². The van der Waals surface area contributed by atoms with Crippen LogP contribution >= 0.6 is 0 Å². The molecule has 0 aliphatic carbocycles. The van der Waals surface area contributed by atoms with E-state index in [9.17, 15) is 4.79 Å². The van der Waals surface area contributed by atoms with Crippen molar-refractivity contribution in [1.29, 1.82) is 0 Å². The number of hydrogen-bond acceptors (Lipinski definition) is 4. The van der Waals surface area contributed by atoms with Gasteiger partial charge >= 0.3 is 5.97 Å². The van der Waals surface area contributed by atoms with Gasteiger partial charge in [-0.1, -0.05) is 6.92 Å². The fourth-order valence-corrected chi connectivity index (χ4v) is 0.973. The van der Waals surface area contributed by atoms with Crippen LogP contribution in [0.3, 0.4) is 0 Å². The average molecular weight is 189 g/mol. The maximum Gasteiger partial charge on any atom is 0.320 e. The van der Waals surface area contributed by atoms with Crippen molar-refractivity contribution >= 4 is 5.97 Å². The molecule has 0 rings (SSSR count). The van der Waals surface area contributed by atoms with E-state index in [0.717, 1.165) is 6.54 Å². The van der Waals surface area contributed by atoms with E-state index >= 15 is 0 Å². The van der Waals surface area contributed by atoms with Gasteiger partial charge in [0.15, 0.2) is 0 Å². The molecule has 78 valence electrons. The molecule has 0 saturated carbocycles. The number of likely N-dealkylation sites (N-methyl/N-ethyl adjacent to an activating group) is 1. The molecule has 4 heteroatoms. The van der Waals surface area contributed by atoms with Crippen LogP contribution in [-0.4, -0.2) is 48.3 Å². The zero-order valence-corrected chi connectivity index (χ0v) is 8.62. The van der Waals surface area contributed by atoms with Crippen LogP contribution < -0.4 is 0 Å². The van der Waals surface area contributed by atoms with Crippen molar-refractivity contribution in [2.24, 2.45) is 0 Å². The fraction of sp³-hybridized carbons (Fsp3) is 0.889. The number of rotatable bonds is 6. The Morgan fingerprint density at radius 3 is 2.54 bits per heavy atom. The van der Waals surface area contributed by atoms with Crippen LogP contribution in [0.1, 0.15) is 20.8 Å². The second kappa shape index (κ2) is 6.86. The number of nitrogens with zero attached hydrogens (tertiary/aromatic N) is 1. The minimum Gasteiger partial charge on any atom is -0.462 e. The molecular formula is C9H19NO3. The highest BCUT2D eigenvalue weighted by Crippen LogP contribution is 1.93. The summed E-state index contributed by atoms with van der Waals surface area (Å²) in [6.45, 7) is 7.17. The highest BCUT2D eigenvalue weighted by Gasteiger charge is 2.10. The highest BCUT2D eigenvalue weighted by atomic mass is 16.5. The lowest BCUT2D eigenvalue weighted by molar-refractivity contribution is -0.148. The molecule has 0 aromatic heterocycles. The van der Waals surface area contributed by atoms with Crippen LogP contribution in [0.5, 0.6) is 0 Å². The largest absolute Gasteiger partial charge is 0.462 e. The summed E-state index contributed by atoms with van der Waals surface area (Å²) < 4.78 is 4.97. The van der Waals surface area contributed by atoms with E-state index in [1.54, 1.807) is 0 Å². The van der Waals surface area contributed by atoms with Crippen molar-refractivity contribution in [2.45, 2.75) is 26.9 Å². The van der Waals surface area contributed by atoms with Gasteiger partial charge in [0, 0.05) is 6.54 Å². The van der Waals surface area contributed by atoms with E-state index in [-0.39, 0.29) is 25.2 Å². The topological polar surface area (TPSA) is 49.8 Å². The Hall–Kier alpha value is -0.610. The van der Waals surface area contributed by atoms with Crippen molar-refractivity contribution < 1.29 is 14.6 Å². The van der Waals surface area contributed by atoms with Gasteiger partial charge in [-0.15, -0.1) is 0 Å². The molecular weight excluding hydrogens is 170 g/mol. The van der Waals surface area contributed by atoms with E-state index < -0.39 is 0 Å². The quantitative estimate of drug-likeness (QED) is 0.609. The number of ether oxygens (including phenoxy) is 1. The lowest BCUT2D eigenvalue weighted by Gasteiger charge is -2.18. The van der Waals surface area contributed by atoms with Gasteiger partial charge in [0.2, 0.25) is 0 Å². The predicted molar refractivity (Wildman–Crippen MR) is 50.4 cm³/mol. The molecule has 0 radical (unpaired) electrons. The van der Waals surface area contributed by atoms with Crippen LogP contribution in [0.25, 0.3) is 0 Å². The minimum absolute atomic E-state index is 0.0691. The second-order valence-electron chi connectivity index (χ2n) is 3.13. The van der Waals surface area contributed by atoms with Crippen molar-refractivity contribution in [1.82, 2.24) is 4.90 Å². The molecule has 0 aliphatic rings. The molecule has 4 nitrogen and oxygen atoms in total. The van der Waals surface area contributed by atoms with Crippen molar-refractivity contribution in [3.05, 3.63) is 0 Å². The maximum atomic E-state index is 11.2. The summed E-state index contributed by atoms with van der Waals surface area (Å²) in [5, 5.41) is 8.67. The fourth-order valence-electron chi connectivity index (χ4n) is 0.973. The van der Waals surface area contributed by atoms with Gasteiger partial charge in [-0.25, -0.2) is 0 Å². The highest BCUT2D eigenvalue weighted by molar-refractivity contribution is 5.71. The maximum absolute atomic E-state index is 11.2. The van der Waals surface area contributed by atoms with Crippen molar-refractivity contribution in [2.75, 3.05) is 26.2 Å². The first-order valence-corrected chi connectivity index (χ1v) is 4.62. The van der Waals surface area contributed by atoms with Crippen molar-refractivity contribution in [3.63, 3.8) is 0 Å². The van der Waals surface area contributed by atoms with Crippen LogP contribution in [0.4, 0.5) is 0 Å². The molecule has 0 heterocycles. The zero-order valence-electron chi connectivity index (χ0n) is 8.62. The monoisotopic (exact) mass is 189 g/mol. The molecule has 0 saturated heterocycles. The predicted octanol–water partition coefficient (Wildman–Crippen LogP) is 0.252. The standard InChI is InChI=1S/C9H19NO3/c1-4-10(5-6-11)7-9(12)13-8(2)3/h8,11H,4-7H2,1-3H3. The molecule has 0 bridgehead atoms. The van der Waals surface area contributed by atoms with Crippen molar-refractivity contribution in [3.8, 4) is 0 Å². The average Bonchev–Trinajstić information content (AvgIpc) is 2.02. The molecule has 0 aromatic carbocycles. The summed E-state index contributed by atoms with van der Waals surface area (Å²) in [4.78, 5) is 13.0. The molecule has 0 amide bonds. The van der Waals surface area contributed by atoms with E-state index in [1.807, 2.05) is 25.7 Å². The third kappa shape index (κ3) is 6.54. The molecule has 13 heavy (non-hydrogen) atoms. The zero-order chi connectivity index (χ0) is 10.3. The van der Waals surface area contributed by atoms with Crippen LogP contribution in [-0.2, 0) is 9.53 Å². The molecule has 0 fully saturated rings. The van der Waals surface area contributed by atoms with E-state index in [4.69, 9.17) is 9.84 Å². The summed E-state index contributed by atoms with van der Waals surface area (Å²) in [5.74, 6) is -0.231. The van der Waals surface area contributed by atoms with E-state index in [0.29, 0.717) is 6.54 Å². The van der Waals surface area contributed by atoms with Gasteiger partial charge in [-0.3, -0.25) is 9.69 Å². The molecule has 0 aliphatic heterocycles. The number of esters is 1. The SMILES string of the molecule is CCN(CCO)CC(=O)OC(C)C. The Morgan fingerprint density at radius 1 is 1.54 bits per heavy atom. The van der Waals surface area contributed by atoms with Gasteiger partial charge in [0.1, 0.15) is 0 Å². The number of hydrogen-bond donors (Lipinski definition) is 1. The van der Waals surface area contributed by atoms with Gasteiger partial charge in [-0.05, 0) is 20.4 Å². The van der Waals surface area contributed by atoms with Gasteiger partial charge < -0.3 is 9.84 Å². The Labute approximate surface area is 79.5 Å². The number of aliphatic hydroxyl groups excluding tert-OH is 1. The Kier molecular flexibility index (Phi) is 6.54. The third-order valence-corrected chi connectivity index (χ3v) is 1.58. The Morgan fingerprint density at radius 2 is 2.15 bits per heavy atom. The normalized spacial score (nSPS) is 10.9. The summed E-state index contributed by atoms with van der Waals surface area (Å²) in [5.41, 5.74) is 0. The number of carbonyl (C=O) groups is 1. The summed E-state index contributed by atoms with van der Waals surface area (Å²) in [6.07, 6.45) is -0.0691. The van der Waals surface area contributed by atoms with Crippen LogP contribution in [0.2, 0.25) is 0 Å². The molecule has 0 aromatic rings. The Bertz CT molecular complexity index is 148. The van der Waals surface area contributed by atoms with Gasteiger partial charge in [0.05, 0.1) is 19.3 Å². The van der Waals surface area contributed by atoms with Gasteiger partial charge in [0.25, 0.3) is 0 Å². The minimum atomic E-state index is -0.231. The second-order valence-corrected chi connectivity index (χ2v) is 3.13. The summed E-state index contributed by atoms with van der Waals surface area (Å²) in [6, 6.07) is 0. The lowest BCUT2D eigenvalue weighted by Crippen LogP contribution is -2.34. The van der Waals surface area contributed by atoms with Gasteiger partial charge in [-0.2, -0.15) is 0 Å². The van der Waals surface area contributed by atoms with E-state index in [1.165, 1.54) is 0 Å². The Balaban J connectivity index is 3.73. The van der Waals surface area contributed by atoms with E-state index in [2.05, 4.69) is 0 Å². The first-order chi connectivity index (χ1) is 6.10. The molecule has 0 unspecified atom stereocenters. The lowest BCUT2D eigenvalue weighted by atomic mass is 10.4. The van der Waals surface area contributed by atoms with Crippen LogP contribution in [0, 0.1) is 0 Å². The number of carbonyl (C=O) groups excluding carboxylic acids is 1. The first-order valence-electron chi connectivity index (χ1n) is 4.62. The molecule has 0 spiro atoms. The summed E-state index contributed by atoms with van der Waals surface area (Å²) >= 11 is 0. The molecule has 0 atom stereocenters. The summed E-state index contributed by atoms with van der Waals surface area (Å²) in [7, 11) is 0. The molecule has 1 N–H and O–H groups in total. The third-order valence-electron chi connectivity index (χ3n) is 1.58. The smallest absolute Gasteiger partial charge is 0.320 e. The first kappa shape index (κ1) is 12.4. The number of aliphatic hydroxyl groups is 1.